The van der Waals surface area contributed by atoms with Crippen LogP contribution in [0.5, 0.6) is 5.75 Å². The summed E-state index contributed by atoms with van der Waals surface area (Å²) < 4.78 is 5.26. The highest BCUT2D eigenvalue weighted by atomic mass is 16.5. The van der Waals surface area contributed by atoms with E-state index in [2.05, 4.69) is 24.1 Å². The molecule has 0 bridgehead atoms. The smallest absolute Gasteiger partial charge is 0.174 e. The topological polar surface area (TPSA) is 48.3 Å². The molecule has 0 amide bonds. The van der Waals surface area contributed by atoms with Gasteiger partial charge in [-0.05, 0) is 63.0 Å². The quantitative estimate of drug-likeness (QED) is 0.873. The minimum atomic E-state index is 0.0953. The van der Waals surface area contributed by atoms with E-state index in [0.717, 1.165) is 18.0 Å². The first-order valence-electron chi connectivity index (χ1n) is 7.81. The Morgan fingerprint density at radius 1 is 1.43 bits per heavy atom. The zero-order chi connectivity index (χ0) is 15.1. The Bertz CT molecular complexity index is 466. The van der Waals surface area contributed by atoms with Gasteiger partial charge in [0.1, 0.15) is 11.8 Å². The van der Waals surface area contributed by atoms with Gasteiger partial charge in [0.2, 0.25) is 0 Å². The lowest BCUT2D eigenvalue weighted by Crippen LogP contribution is -2.41. The molecule has 114 valence electrons. The predicted octanol–water partition coefficient (Wildman–Crippen LogP) is 3.12. The molecule has 1 aliphatic rings. The number of likely N-dealkylation sites (tertiary alicyclic amines) is 1. The molecule has 0 radical (unpaired) electrons. The van der Waals surface area contributed by atoms with Gasteiger partial charge in [0, 0.05) is 18.3 Å². The van der Waals surface area contributed by atoms with Gasteiger partial charge in [0.05, 0.1) is 0 Å². The van der Waals surface area contributed by atoms with Crippen LogP contribution in [0, 0.1) is 17.2 Å². The number of nitrogens with one attached hydrogen (secondary N) is 1. The Kier molecular flexibility index (Phi) is 5.89. The molecule has 1 heterocycles. The largest absolute Gasteiger partial charge is 0.479 e. The molecule has 21 heavy (non-hydrogen) atoms. The second-order valence-corrected chi connectivity index (χ2v) is 5.70. The Morgan fingerprint density at radius 2 is 2.19 bits per heavy atom. The highest BCUT2D eigenvalue weighted by Crippen LogP contribution is 2.23. The Balaban J connectivity index is 1.87. The van der Waals surface area contributed by atoms with Crippen molar-refractivity contribution in [2.45, 2.75) is 32.7 Å². The Hall–Kier alpha value is -1.73. The molecule has 1 fully saturated rings. The van der Waals surface area contributed by atoms with Crippen LogP contribution in [0.4, 0.5) is 5.69 Å². The maximum absolute atomic E-state index is 8.50. The summed E-state index contributed by atoms with van der Waals surface area (Å²) in [6, 6.07) is 10.3. The van der Waals surface area contributed by atoms with E-state index in [1.165, 1.54) is 25.9 Å². The van der Waals surface area contributed by atoms with E-state index in [4.69, 9.17) is 10.00 Å². The molecule has 0 saturated carbocycles. The average molecular weight is 287 g/mol. The fourth-order valence-corrected chi connectivity index (χ4v) is 2.93. The number of nitriles is 1. The molecule has 4 nitrogen and oxygen atoms in total. The highest BCUT2D eigenvalue weighted by molar-refractivity contribution is 5.47. The lowest BCUT2D eigenvalue weighted by molar-refractivity contribution is 0.172. The first kappa shape index (κ1) is 15.7. The first-order valence-corrected chi connectivity index (χ1v) is 7.81. The molecule has 1 aromatic rings. The molecule has 1 aromatic carbocycles. The van der Waals surface area contributed by atoms with Crippen molar-refractivity contribution in [3.05, 3.63) is 24.3 Å². The number of rotatable bonds is 6. The summed E-state index contributed by atoms with van der Waals surface area (Å²) in [6.45, 7) is 8.18. The second-order valence-electron chi connectivity index (χ2n) is 5.70. The van der Waals surface area contributed by atoms with Crippen LogP contribution >= 0.6 is 0 Å². The minimum Gasteiger partial charge on any atom is -0.479 e. The minimum absolute atomic E-state index is 0.0953. The number of ether oxygens (including phenoxy) is 1. The van der Waals surface area contributed by atoms with Gasteiger partial charge >= 0.3 is 0 Å². The molecule has 1 aliphatic heterocycles. The number of nitrogens with zero attached hydrogens (tertiary/aromatic N) is 2. The molecule has 1 N–H and O–H groups in total. The van der Waals surface area contributed by atoms with Crippen molar-refractivity contribution >= 4 is 5.69 Å². The van der Waals surface area contributed by atoms with E-state index in [9.17, 15) is 0 Å². The normalized spacial score (nSPS) is 20.5. The van der Waals surface area contributed by atoms with Crippen LogP contribution < -0.4 is 10.1 Å². The molecular formula is C17H25N3O. The zero-order valence-corrected chi connectivity index (χ0v) is 13.0. The summed E-state index contributed by atoms with van der Waals surface area (Å²) in [4.78, 5) is 2.53. The molecular weight excluding hydrogens is 262 g/mol. The van der Waals surface area contributed by atoms with Gasteiger partial charge < -0.3 is 15.0 Å². The first-order chi connectivity index (χ1) is 10.2. The van der Waals surface area contributed by atoms with Crippen LogP contribution in [0.2, 0.25) is 0 Å². The molecule has 0 aromatic heterocycles. The average Bonchev–Trinajstić information content (AvgIpc) is 2.54. The van der Waals surface area contributed by atoms with Crippen LogP contribution in [-0.2, 0) is 0 Å². The van der Waals surface area contributed by atoms with Crippen LogP contribution in [0.15, 0.2) is 24.3 Å². The van der Waals surface area contributed by atoms with Gasteiger partial charge in [0.25, 0.3) is 0 Å². The predicted molar refractivity (Wildman–Crippen MR) is 85.5 cm³/mol. The van der Waals surface area contributed by atoms with Gasteiger partial charge in [-0.15, -0.1) is 0 Å². The SMILES string of the molecule is CCN1CCCC(C(C)Nc2ccc(OCC#N)cc2)C1. The molecule has 0 aliphatic carbocycles. The van der Waals surface area contributed by atoms with E-state index < -0.39 is 0 Å². The zero-order valence-electron chi connectivity index (χ0n) is 13.0. The monoisotopic (exact) mass is 287 g/mol. The molecule has 1 saturated heterocycles. The van der Waals surface area contributed by atoms with Crippen molar-refractivity contribution < 1.29 is 4.74 Å². The van der Waals surface area contributed by atoms with Gasteiger partial charge in [-0.3, -0.25) is 0 Å². The van der Waals surface area contributed by atoms with Crippen molar-refractivity contribution in [2.75, 3.05) is 31.6 Å². The van der Waals surface area contributed by atoms with E-state index in [-0.39, 0.29) is 6.61 Å². The number of benzene rings is 1. The fraction of sp³-hybridized carbons (Fsp3) is 0.588. The van der Waals surface area contributed by atoms with E-state index >= 15 is 0 Å². The molecule has 2 unspecified atom stereocenters. The third-order valence-corrected chi connectivity index (χ3v) is 4.25. The lowest BCUT2D eigenvalue weighted by Gasteiger charge is -2.35. The van der Waals surface area contributed by atoms with Crippen LogP contribution in [0.1, 0.15) is 26.7 Å². The van der Waals surface area contributed by atoms with E-state index in [1.807, 2.05) is 30.3 Å². The van der Waals surface area contributed by atoms with E-state index in [0.29, 0.717) is 12.0 Å². The molecule has 4 heteroatoms. The summed E-state index contributed by atoms with van der Waals surface area (Å²) in [5.41, 5.74) is 1.11. The Labute approximate surface area is 127 Å². The molecule has 2 atom stereocenters. The molecule has 0 spiro atoms. The fourth-order valence-electron chi connectivity index (χ4n) is 2.93. The maximum Gasteiger partial charge on any atom is 0.174 e. The summed E-state index contributed by atoms with van der Waals surface area (Å²) in [5, 5.41) is 12.1. The summed E-state index contributed by atoms with van der Waals surface area (Å²) in [6.07, 6.45) is 2.60. The van der Waals surface area contributed by atoms with Crippen molar-refractivity contribution in [1.82, 2.24) is 4.90 Å². The standard InChI is InChI=1S/C17H25N3O/c1-3-20-11-4-5-15(13-20)14(2)19-16-6-8-17(9-7-16)21-12-10-18/h6-9,14-15,19H,3-5,11-13H2,1-2H3. The maximum atomic E-state index is 8.50. The number of hydrogen-bond acceptors (Lipinski definition) is 4. The number of piperidine rings is 1. The van der Waals surface area contributed by atoms with Gasteiger partial charge in [-0.25, -0.2) is 0 Å². The van der Waals surface area contributed by atoms with Gasteiger partial charge in [-0.1, -0.05) is 6.92 Å². The second kappa shape index (κ2) is 7.90. The van der Waals surface area contributed by atoms with Gasteiger partial charge in [-0.2, -0.15) is 5.26 Å². The number of hydrogen-bond donors (Lipinski definition) is 1. The van der Waals surface area contributed by atoms with Gasteiger partial charge in [0.15, 0.2) is 6.61 Å². The Morgan fingerprint density at radius 3 is 2.86 bits per heavy atom. The third kappa shape index (κ3) is 4.64. The van der Waals surface area contributed by atoms with Crippen LogP contribution in [0.3, 0.4) is 0 Å². The number of anilines is 1. The third-order valence-electron chi connectivity index (χ3n) is 4.25. The highest BCUT2D eigenvalue weighted by Gasteiger charge is 2.23. The van der Waals surface area contributed by atoms with Crippen molar-refractivity contribution in [2.24, 2.45) is 5.92 Å². The van der Waals surface area contributed by atoms with Crippen LogP contribution in [0.25, 0.3) is 0 Å². The van der Waals surface area contributed by atoms with Crippen molar-refractivity contribution in [3.63, 3.8) is 0 Å². The van der Waals surface area contributed by atoms with Crippen molar-refractivity contribution in [1.29, 1.82) is 5.26 Å². The van der Waals surface area contributed by atoms with Crippen LogP contribution in [-0.4, -0.2) is 37.2 Å². The summed E-state index contributed by atoms with van der Waals surface area (Å²) in [5.74, 6) is 1.44. The summed E-state index contributed by atoms with van der Waals surface area (Å²) >= 11 is 0. The van der Waals surface area contributed by atoms with E-state index in [1.54, 1.807) is 0 Å². The lowest BCUT2D eigenvalue weighted by atomic mass is 9.91. The van der Waals surface area contributed by atoms with Crippen molar-refractivity contribution in [3.8, 4) is 11.8 Å². The summed E-state index contributed by atoms with van der Waals surface area (Å²) in [7, 11) is 0. The molecule has 2 rings (SSSR count).